The first-order valence-electron chi connectivity index (χ1n) is 9.49. The second-order valence-corrected chi connectivity index (χ2v) is 8.26. The Morgan fingerprint density at radius 3 is 2.78 bits per heavy atom. The van der Waals surface area contributed by atoms with Gasteiger partial charge in [-0.2, -0.15) is 0 Å². The zero-order valence-corrected chi connectivity index (χ0v) is 19.0. The van der Waals surface area contributed by atoms with Crippen LogP contribution in [0.2, 0.25) is 5.02 Å². The molecule has 4 rings (SSSR count). The normalized spacial score (nSPS) is 10.9. The number of rotatable bonds is 6. The number of thiophene rings is 1. The van der Waals surface area contributed by atoms with Gasteiger partial charge in [0.1, 0.15) is 5.75 Å². The van der Waals surface area contributed by atoms with Gasteiger partial charge in [-0.25, -0.2) is 9.78 Å². The molecule has 3 aromatic heterocycles. The van der Waals surface area contributed by atoms with Gasteiger partial charge in [0.05, 0.1) is 40.0 Å². The number of pyridine rings is 1. The van der Waals surface area contributed by atoms with E-state index in [0.717, 1.165) is 10.4 Å². The fourth-order valence-corrected chi connectivity index (χ4v) is 3.97. The Morgan fingerprint density at radius 2 is 2.06 bits per heavy atom. The molecule has 0 spiro atoms. The molecule has 0 aliphatic rings. The van der Waals surface area contributed by atoms with E-state index in [2.05, 4.69) is 15.5 Å². The minimum Gasteiger partial charge on any atom is -0.495 e. The Balaban J connectivity index is 1.54. The lowest BCUT2D eigenvalue weighted by atomic mass is 10.1. The number of amides is 1. The highest BCUT2D eigenvalue weighted by atomic mass is 35.5. The maximum absolute atomic E-state index is 12.9. The molecule has 164 valence electrons. The molecule has 3 heterocycles. The average Bonchev–Trinajstić information content (AvgIpc) is 3.44. The van der Waals surface area contributed by atoms with Gasteiger partial charge >= 0.3 is 5.97 Å². The van der Waals surface area contributed by atoms with E-state index >= 15 is 0 Å². The van der Waals surface area contributed by atoms with E-state index in [9.17, 15) is 9.59 Å². The highest BCUT2D eigenvalue weighted by Crippen LogP contribution is 2.31. The average molecular weight is 472 g/mol. The summed E-state index contributed by atoms with van der Waals surface area (Å²) in [5.74, 6) is -0.808. The molecule has 0 aliphatic carbocycles. The first-order valence-corrected chi connectivity index (χ1v) is 10.7. The minimum atomic E-state index is -0.684. The maximum atomic E-state index is 12.9. The number of ether oxygens (including phenoxy) is 2. The lowest BCUT2D eigenvalue weighted by molar-refractivity contribution is -0.119. The molecule has 1 N–H and O–H groups in total. The second kappa shape index (κ2) is 8.97. The molecule has 32 heavy (non-hydrogen) atoms. The van der Waals surface area contributed by atoms with Crippen LogP contribution in [-0.4, -0.2) is 35.7 Å². The molecule has 0 radical (unpaired) electrons. The third kappa shape index (κ3) is 4.30. The van der Waals surface area contributed by atoms with E-state index in [4.69, 9.17) is 25.6 Å². The second-order valence-electron chi connectivity index (χ2n) is 6.91. The van der Waals surface area contributed by atoms with Gasteiger partial charge < -0.3 is 19.3 Å². The highest BCUT2D eigenvalue weighted by Gasteiger charge is 2.22. The van der Waals surface area contributed by atoms with E-state index in [0.29, 0.717) is 33.2 Å². The Morgan fingerprint density at radius 1 is 1.25 bits per heavy atom. The number of fused-ring (bicyclic) bond motifs is 1. The first kappa shape index (κ1) is 21.8. The molecular weight excluding hydrogens is 454 g/mol. The summed E-state index contributed by atoms with van der Waals surface area (Å²) in [6.07, 6.45) is 0. The van der Waals surface area contributed by atoms with Crippen molar-refractivity contribution >= 4 is 51.6 Å². The van der Waals surface area contributed by atoms with Crippen LogP contribution in [-0.2, 0) is 9.53 Å². The van der Waals surface area contributed by atoms with Crippen molar-refractivity contribution in [3.63, 3.8) is 0 Å². The van der Waals surface area contributed by atoms with Gasteiger partial charge in [0.15, 0.2) is 6.61 Å². The number of anilines is 1. The molecule has 0 saturated carbocycles. The quantitative estimate of drug-likeness (QED) is 0.393. The highest BCUT2D eigenvalue weighted by molar-refractivity contribution is 7.13. The molecule has 0 unspecified atom stereocenters. The largest absolute Gasteiger partial charge is 0.495 e. The predicted molar refractivity (Wildman–Crippen MR) is 122 cm³/mol. The van der Waals surface area contributed by atoms with Crippen molar-refractivity contribution in [2.45, 2.75) is 13.8 Å². The molecule has 0 bridgehead atoms. The third-order valence-corrected chi connectivity index (χ3v) is 6.00. The van der Waals surface area contributed by atoms with Crippen molar-refractivity contribution in [3.8, 4) is 16.3 Å². The maximum Gasteiger partial charge on any atom is 0.339 e. The molecule has 10 heteroatoms. The van der Waals surface area contributed by atoms with E-state index in [1.54, 1.807) is 32.0 Å². The number of nitrogens with one attached hydrogen (secondary N) is 1. The Hall–Kier alpha value is -3.43. The molecule has 0 fully saturated rings. The van der Waals surface area contributed by atoms with Crippen LogP contribution < -0.4 is 10.1 Å². The Kier molecular flexibility index (Phi) is 6.11. The van der Waals surface area contributed by atoms with Crippen LogP contribution in [0, 0.1) is 13.8 Å². The van der Waals surface area contributed by atoms with Gasteiger partial charge in [-0.15, -0.1) is 11.3 Å². The summed E-state index contributed by atoms with van der Waals surface area (Å²) in [4.78, 5) is 30.6. The molecule has 0 atom stereocenters. The summed E-state index contributed by atoms with van der Waals surface area (Å²) < 4.78 is 15.8. The number of hydrogen-bond donors (Lipinski definition) is 1. The van der Waals surface area contributed by atoms with Crippen LogP contribution in [0.1, 0.15) is 21.6 Å². The predicted octanol–water partition coefficient (Wildman–Crippen LogP) is 5.03. The molecule has 0 aliphatic heterocycles. The summed E-state index contributed by atoms with van der Waals surface area (Å²) in [5.41, 5.74) is 2.71. The van der Waals surface area contributed by atoms with Crippen LogP contribution in [0.5, 0.6) is 5.75 Å². The SMILES string of the molecule is COc1cc(Cl)c(C)cc1NC(=O)COC(=O)c1cc(-c2cccs2)nc2onc(C)c12. The number of esters is 1. The van der Waals surface area contributed by atoms with Crippen molar-refractivity contribution in [3.05, 3.63) is 57.6 Å². The molecule has 1 aromatic carbocycles. The summed E-state index contributed by atoms with van der Waals surface area (Å²) >= 11 is 7.57. The van der Waals surface area contributed by atoms with Crippen LogP contribution >= 0.6 is 22.9 Å². The van der Waals surface area contributed by atoms with E-state index in [1.165, 1.54) is 18.4 Å². The summed E-state index contributed by atoms with van der Waals surface area (Å²) in [5, 5.41) is 9.44. The van der Waals surface area contributed by atoms with E-state index in [1.807, 2.05) is 17.5 Å². The smallest absolute Gasteiger partial charge is 0.339 e. The monoisotopic (exact) mass is 471 g/mol. The molecule has 8 nitrogen and oxygen atoms in total. The van der Waals surface area contributed by atoms with Gasteiger partial charge in [-0.3, -0.25) is 4.79 Å². The number of aryl methyl sites for hydroxylation is 2. The van der Waals surface area contributed by atoms with Gasteiger partial charge in [-0.1, -0.05) is 22.8 Å². The lowest BCUT2D eigenvalue weighted by Crippen LogP contribution is -2.21. The standard InChI is InChI=1S/C22H18ClN3O5S/c1-11-7-15(17(29-3)9-14(11)23)24-19(27)10-30-22(28)13-8-16(18-5-4-6-32-18)25-21-20(13)12(2)26-31-21/h4-9H,10H2,1-3H3,(H,24,27). The molecule has 1 amide bonds. The zero-order chi connectivity index (χ0) is 22.8. The number of benzene rings is 1. The van der Waals surface area contributed by atoms with Crippen molar-refractivity contribution in [1.82, 2.24) is 10.1 Å². The van der Waals surface area contributed by atoms with Crippen molar-refractivity contribution in [1.29, 1.82) is 0 Å². The third-order valence-electron chi connectivity index (χ3n) is 4.70. The summed E-state index contributed by atoms with van der Waals surface area (Å²) in [6, 6.07) is 8.66. The van der Waals surface area contributed by atoms with Gasteiger partial charge in [0.25, 0.3) is 11.6 Å². The van der Waals surface area contributed by atoms with Crippen LogP contribution in [0.3, 0.4) is 0 Å². The van der Waals surface area contributed by atoms with Crippen LogP contribution in [0.25, 0.3) is 21.7 Å². The number of carbonyl (C=O) groups excluding carboxylic acids is 2. The molecule has 0 saturated heterocycles. The summed E-state index contributed by atoms with van der Waals surface area (Å²) in [6.45, 7) is 3.02. The minimum absolute atomic E-state index is 0.227. The number of carbonyl (C=O) groups is 2. The first-order chi connectivity index (χ1) is 15.4. The van der Waals surface area contributed by atoms with Crippen LogP contribution in [0.4, 0.5) is 5.69 Å². The van der Waals surface area contributed by atoms with E-state index < -0.39 is 18.5 Å². The molecular formula is C22H18ClN3O5S. The van der Waals surface area contributed by atoms with Crippen LogP contribution in [0.15, 0.2) is 40.2 Å². The van der Waals surface area contributed by atoms with Crippen molar-refractivity contribution < 1.29 is 23.6 Å². The Labute approximate surface area is 192 Å². The molecule has 4 aromatic rings. The summed E-state index contributed by atoms with van der Waals surface area (Å²) in [7, 11) is 1.47. The van der Waals surface area contributed by atoms with Crippen molar-refractivity contribution in [2.24, 2.45) is 0 Å². The Bertz CT molecular complexity index is 1320. The number of nitrogens with zero attached hydrogens (tertiary/aromatic N) is 2. The number of hydrogen-bond acceptors (Lipinski definition) is 8. The fraction of sp³-hybridized carbons (Fsp3) is 0.182. The van der Waals surface area contributed by atoms with Crippen molar-refractivity contribution in [2.75, 3.05) is 19.0 Å². The lowest BCUT2D eigenvalue weighted by Gasteiger charge is -2.12. The van der Waals surface area contributed by atoms with E-state index in [-0.39, 0.29) is 11.3 Å². The number of methoxy groups -OCH3 is 1. The van der Waals surface area contributed by atoms with Gasteiger partial charge in [0.2, 0.25) is 0 Å². The van der Waals surface area contributed by atoms with Gasteiger partial charge in [0, 0.05) is 11.1 Å². The topological polar surface area (TPSA) is 104 Å². The zero-order valence-electron chi connectivity index (χ0n) is 17.4. The van der Waals surface area contributed by atoms with Gasteiger partial charge in [-0.05, 0) is 43.0 Å². The number of halogens is 1. The fourth-order valence-electron chi connectivity index (χ4n) is 3.13. The number of aromatic nitrogens is 2.